The van der Waals surface area contributed by atoms with Crippen LogP contribution in [0.4, 0.5) is 10.1 Å². The maximum atomic E-state index is 12.8. The lowest BCUT2D eigenvalue weighted by Crippen LogP contribution is -2.10. The van der Waals surface area contributed by atoms with E-state index in [9.17, 15) is 19.3 Å². The number of aliphatic carboxylic acids is 1. The van der Waals surface area contributed by atoms with Gasteiger partial charge >= 0.3 is 11.7 Å². The third-order valence-electron chi connectivity index (χ3n) is 1.72. The van der Waals surface area contributed by atoms with Crippen molar-refractivity contribution < 1.29 is 24.3 Å². The zero-order chi connectivity index (χ0) is 11.6. The molecule has 0 heterocycles. The van der Waals surface area contributed by atoms with Crippen LogP contribution in [0.15, 0.2) is 18.2 Å². The molecule has 0 amide bonds. The summed E-state index contributed by atoms with van der Waals surface area (Å²) in [5.41, 5.74) is -1.11. The third kappa shape index (κ3) is 2.26. The molecular formula is C8H6FNO5. The summed E-state index contributed by atoms with van der Waals surface area (Å²) in [6, 6.07) is 2.40. The molecule has 0 bridgehead atoms. The van der Waals surface area contributed by atoms with Crippen LogP contribution in [0.25, 0.3) is 0 Å². The first-order chi connectivity index (χ1) is 6.93. The summed E-state index contributed by atoms with van der Waals surface area (Å²) in [5.74, 6) is -2.64. The zero-order valence-electron chi connectivity index (χ0n) is 7.25. The molecule has 6 nitrogen and oxygen atoms in total. The van der Waals surface area contributed by atoms with Crippen molar-refractivity contribution in [2.45, 2.75) is 6.10 Å². The summed E-state index contributed by atoms with van der Waals surface area (Å²) in [4.78, 5) is 19.7. The smallest absolute Gasteiger partial charge is 0.337 e. The second-order valence-electron chi connectivity index (χ2n) is 2.71. The van der Waals surface area contributed by atoms with Crippen molar-refractivity contribution in [1.29, 1.82) is 0 Å². The molecule has 0 saturated heterocycles. The van der Waals surface area contributed by atoms with E-state index in [2.05, 4.69) is 0 Å². The zero-order valence-corrected chi connectivity index (χ0v) is 7.25. The molecule has 0 aliphatic rings. The first-order valence-electron chi connectivity index (χ1n) is 3.78. The molecule has 80 valence electrons. The van der Waals surface area contributed by atoms with E-state index < -0.39 is 28.5 Å². The summed E-state index contributed by atoms with van der Waals surface area (Å²) in [5, 5.41) is 27.8. The number of rotatable bonds is 3. The maximum Gasteiger partial charge on any atom is 0.337 e. The summed E-state index contributed by atoms with van der Waals surface area (Å²) >= 11 is 0. The number of nitrogens with zero attached hydrogens (tertiary/aromatic N) is 1. The number of hydrogen-bond acceptors (Lipinski definition) is 4. The van der Waals surface area contributed by atoms with Gasteiger partial charge in [0.1, 0.15) is 0 Å². The van der Waals surface area contributed by atoms with Gasteiger partial charge in [-0.25, -0.2) is 4.79 Å². The van der Waals surface area contributed by atoms with E-state index in [4.69, 9.17) is 10.2 Å². The molecule has 1 atom stereocenters. The number of carboxylic acid groups (broad SMARTS) is 1. The van der Waals surface area contributed by atoms with Gasteiger partial charge < -0.3 is 10.2 Å². The van der Waals surface area contributed by atoms with Crippen molar-refractivity contribution >= 4 is 11.7 Å². The van der Waals surface area contributed by atoms with Gasteiger partial charge in [-0.05, 0) is 11.6 Å². The molecule has 0 aliphatic heterocycles. The Kier molecular flexibility index (Phi) is 2.96. The molecule has 0 saturated carbocycles. The van der Waals surface area contributed by atoms with Crippen LogP contribution in [0.1, 0.15) is 11.7 Å². The minimum atomic E-state index is -1.90. The number of nitro benzene ring substituents is 1. The fraction of sp³-hybridized carbons (Fsp3) is 0.125. The number of aliphatic hydroxyl groups excluding tert-OH is 1. The van der Waals surface area contributed by atoms with Crippen molar-refractivity contribution in [3.8, 4) is 0 Å². The fourth-order valence-electron chi connectivity index (χ4n) is 0.982. The lowest BCUT2D eigenvalue weighted by atomic mass is 10.1. The highest BCUT2D eigenvalue weighted by atomic mass is 19.1. The van der Waals surface area contributed by atoms with E-state index in [1.807, 2.05) is 0 Å². The van der Waals surface area contributed by atoms with Crippen molar-refractivity contribution in [3.05, 3.63) is 39.7 Å². The molecule has 1 rings (SSSR count). The Morgan fingerprint density at radius 2 is 2.13 bits per heavy atom. The molecule has 7 heteroatoms. The van der Waals surface area contributed by atoms with Gasteiger partial charge in [0.25, 0.3) is 0 Å². The van der Waals surface area contributed by atoms with Crippen LogP contribution in [-0.2, 0) is 4.79 Å². The van der Waals surface area contributed by atoms with E-state index in [-0.39, 0.29) is 5.56 Å². The molecule has 0 spiro atoms. The Morgan fingerprint density at radius 1 is 1.53 bits per heavy atom. The minimum absolute atomic E-state index is 0.240. The molecule has 0 radical (unpaired) electrons. The average molecular weight is 215 g/mol. The van der Waals surface area contributed by atoms with Gasteiger partial charge in [0.2, 0.25) is 5.82 Å². The second kappa shape index (κ2) is 4.01. The Balaban J connectivity index is 3.18. The predicted molar refractivity (Wildman–Crippen MR) is 45.7 cm³/mol. The van der Waals surface area contributed by atoms with Crippen LogP contribution in [-0.4, -0.2) is 21.1 Å². The van der Waals surface area contributed by atoms with Gasteiger partial charge in [-0.3, -0.25) is 10.1 Å². The Hall–Kier alpha value is -2.02. The van der Waals surface area contributed by atoms with Gasteiger partial charge in [0.15, 0.2) is 6.10 Å². The van der Waals surface area contributed by atoms with Gasteiger partial charge in [0, 0.05) is 6.07 Å². The van der Waals surface area contributed by atoms with Crippen LogP contribution < -0.4 is 0 Å². The Labute approximate surface area is 82.7 Å². The minimum Gasteiger partial charge on any atom is -0.479 e. The van der Waals surface area contributed by atoms with Crippen LogP contribution in [0.5, 0.6) is 0 Å². The standard InChI is InChI=1S/C8H6FNO5/c9-5-2-1-4(7(11)8(12)13)3-6(5)10(14)15/h1-3,7,11H,(H,12,13)/t7-/m0/s1. The normalized spacial score (nSPS) is 12.1. The van der Waals surface area contributed by atoms with Crippen LogP contribution in [0, 0.1) is 15.9 Å². The molecular weight excluding hydrogens is 209 g/mol. The highest BCUT2D eigenvalue weighted by molar-refractivity contribution is 5.74. The van der Waals surface area contributed by atoms with Gasteiger partial charge in [0.05, 0.1) is 4.92 Å². The highest BCUT2D eigenvalue weighted by Gasteiger charge is 2.21. The van der Waals surface area contributed by atoms with Crippen molar-refractivity contribution in [2.24, 2.45) is 0 Å². The summed E-state index contributed by atoms with van der Waals surface area (Å²) in [6.45, 7) is 0. The van der Waals surface area contributed by atoms with Crippen molar-refractivity contribution in [2.75, 3.05) is 0 Å². The molecule has 0 unspecified atom stereocenters. The first-order valence-corrected chi connectivity index (χ1v) is 3.78. The van der Waals surface area contributed by atoms with Crippen LogP contribution in [0.2, 0.25) is 0 Å². The summed E-state index contributed by atoms with van der Waals surface area (Å²) < 4.78 is 12.8. The van der Waals surface area contributed by atoms with E-state index >= 15 is 0 Å². The number of aliphatic hydroxyl groups is 1. The number of nitro groups is 1. The van der Waals surface area contributed by atoms with Crippen LogP contribution >= 0.6 is 0 Å². The van der Waals surface area contributed by atoms with E-state index in [1.54, 1.807) is 0 Å². The number of benzene rings is 1. The van der Waals surface area contributed by atoms with Gasteiger partial charge in [-0.15, -0.1) is 0 Å². The summed E-state index contributed by atoms with van der Waals surface area (Å²) in [6.07, 6.45) is -1.90. The summed E-state index contributed by atoms with van der Waals surface area (Å²) in [7, 11) is 0. The van der Waals surface area contributed by atoms with E-state index in [0.29, 0.717) is 6.07 Å². The third-order valence-corrected chi connectivity index (χ3v) is 1.72. The molecule has 15 heavy (non-hydrogen) atoms. The lowest BCUT2D eigenvalue weighted by Gasteiger charge is -2.05. The molecule has 0 aliphatic carbocycles. The van der Waals surface area contributed by atoms with Crippen LogP contribution in [0.3, 0.4) is 0 Å². The fourth-order valence-corrected chi connectivity index (χ4v) is 0.982. The van der Waals surface area contributed by atoms with Gasteiger partial charge in [-0.1, -0.05) is 6.07 Å². The monoisotopic (exact) mass is 215 g/mol. The van der Waals surface area contributed by atoms with E-state index in [0.717, 1.165) is 12.1 Å². The van der Waals surface area contributed by atoms with Crippen molar-refractivity contribution in [3.63, 3.8) is 0 Å². The first kappa shape index (κ1) is 11.1. The topological polar surface area (TPSA) is 101 Å². The molecule has 1 aromatic rings. The average Bonchev–Trinajstić information content (AvgIpc) is 2.16. The largest absolute Gasteiger partial charge is 0.479 e. The van der Waals surface area contributed by atoms with Gasteiger partial charge in [-0.2, -0.15) is 4.39 Å². The molecule has 0 aromatic heterocycles. The SMILES string of the molecule is O=C(O)[C@@H](O)c1ccc(F)c([N+](=O)[O-])c1. The Bertz CT molecular complexity index is 419. The lowest BCUT2D eigenvalue weighted by molar-refractivity contribution is -0.387. The van der Waals surface area contributed by atoms with Crippen molar-refractivity contribution in [1.82, 2.24) is 0 Å². The Morgan fingerprint density at radius 3 is 2.60 bits per heavy atom. The second-order valence-corrected chi connectivity index (χ2v) is 2.71. The molecule has 0 fully saturated rings. The molecule has 2 N–H and O–H groups in total. The highest BCUT2D eigenvalue weighted by Crippen LogP contribution is 2.22. The van der Waals surface area contributed by atoms with E-state index in [1.165, 1.54) is 0 Å². The predicted octanol–water partition coefficient (Wildman–Crippen LogP) is 0.852. The quantitative estimate of drug-likeness (QED) is 0.575. The molecule has 1 aromatic carbocycles. The number of hydrogen-bond donors (Lipinski definition) is 2. The maximum absolute atomic E-state index is 12.8. The number of carbonyl (C=O) groups is 1. The number of carboxylic acids is 1. The number of halogens is 1.